The molecule has 6 nitrogen and oxygen atoms in total. The van der Waals surface area contributed by atoms with E-state index >= 15 is 0 Å². The molecule has 8 heteroatoms. The lowest BCUT2D eigenvalue weighted by molar-refractivity contribution is -0.151. The van der Waals surface area contributed by atoms with Crippen LogP contribution >= 0.6 is 11.8 Å². The van der Waals surface area contributed by atoms with E-state index < -0.39 is 18.0 Å². The van der Waals surface area contributed by atoms with E-state index in [4.69, 9.17) is 10.5 Å². The van der Waals surface area contributed by atoms with Gasteiger partial charge in [-0.1, -0.05) is 17.8 Å². The predicted octanol–water partition coefficient (Wildman–Crippen LogP) is 1.52. The van der Waals surface area contributed by atoms with Crippen molar-refractivity contribution in [1.29, 1.82) is 0 Å². The molecule has 0 saturated heterocycles. The molecule has 2 aromatic rings. The number of imidazole rings is 1. The molecule has 1 heterocycles. The summed E-state index contributed by atoms with van der Waals surface area (Å²) in [5, 5.41) is 0.509. The van der Waals surface area contributed by atoms with Gasteiger partial charge in [0, 0.05) is 12.4 Å². The van der Waals surface area contributed by atoms with Gasteiger partial charge in [-0.05, 0) is 25.1 Å². The number of thioether (sulfide) groups is 1. The van der Waals surface area contributed by atoms with Crippen molar-refractivity contribution in [3.63, 3.8) is 0 Å². The molecule has 116 valence electrons. The number of nitrogens with two attached hydrogens (primary N) is 1. The Morgan fingerprint density at radius 2 is 2.27 bits per heavy atom. The van der Waals surface area contributed by atoms with Gasteiger partial charge in [0.05, 0.1) is 11.4 Å². The Labute approximate surface area is 130 Å². The van der Waals surface area contributed by atoms with Crippen molar-refractivity contribution in [2.24, 2.45) is 5.73 Å². The van der Waals surface area contributed by atoms with Gasteiger partial charge < -0.3 is 10.5 Å². The Kier molecular flexibility index (Phi) is 5.16. The number of benzene rings is 1. The molecule has 0 radical (unpaired) electrons. The fourth-order valence-electron chi connectivity index (χ4n) is 1.63. The number of hydrogen-bond acceptors (Lipinski definition) is 5. The number of ether oxygens (including phenoxy) is 1. The van der Waals surface area contributed by atoms with Crippen LogP contribution in [0.3, 0.4) is 0 Å². The van der Waals surface area contributed by atoms with E-state index in [2.05, 4.69) is 4.98 Å². The lowest BCUT2D eigenvalue weighted by Gasteiger charge is -2.10. The second-order valence-corrected chi connectivity index (χ2v) is 5.33. The first-order valence-corrected chi connectivity index (χ1v) is 7.37. The van der Waals surface area contributed by atoms with E-state index in [9.17, 15) is 14.0 Å². The van der Waals surface area contributed by atoms with Crippen LogP contribution in [0.4, 0.5) is 4.39 Å². The minimum atomic E-state index is -0.976. The van der Waals surface area contributed by atoms with Crippen molar-refractivity contribution < 1.29 is 18.7 Å². The third-order valence-electron chi connectivity index (χ3n) is 2.72. The molecule has 2 N–H and O–H groups in total. The van der Waals surface area contributed by atoms with Gasteiger partial charge in [-0.2, -0.15) is 0 Å². The van der Waals surface area contributed by atoms with E-state index in [1.165, 1.54) is 19.1 Å². The number of esters is 1. The summed E-state index contributed by atoms with van der Waals surface area (Å²) < 4.78 is 19.8. The molecule has 1 amide bonds. The van der Waals surface area contributed by atoms with E-state index in [0.717, 1.165) is 11.8 Å². The van der Waals surface area contributed by atoms with Gasteiger partial charge in [0.2, 0.25) is 0 Å². The van der Waals surface area contributed by atoms with Crippen LogP contribution in [0.25, 0.3) is 5.69 Å². The first-order valence-electron chi connectivity index (χ1n) is 6.38. The quantitative estimate of drug-likeness (QED) is 0.643. The molecular formula is C14H14FN3O3S. The summed E-state index contributed by atoms with van der Waals surface area (Å²) in [6.07, 6.45) is 2.23. The number of aromatic nitrogens is 2. The molecular weight excluding hydrogens is 309 g/mol. The van der Waals surface area contributed by atoms with Crippen LogP contribution in [0, 0.1) is 5.82 Å². The summed E-state index contributed by atoms with van der Waals surface area (Å²) >= 11 is 1.12. The Morgan fingerprint density at radius 1 is 1.50 bits per heavy atom. The Balaban J connectivity index is 2.02. The van der Waals surface area contributed by atoms with Gasteiger partial charge >= 0.3 is 5.97 Å². The van der Waals surface area contributed by atoms with Crippen LogP contribution in [0.5, 0.6) is 0 Å². The SMILES string of the molecule is C[C@@H](OC(=O)CSc1nccn1-c1cccc(F)c1)C(N)=O. The largest absolute Gasteiger partial charge is 0.452 e. The molecule has 0 bridgehead atoms. The average molecular weight is 323 g/mol. The third kappa shape index (κ3) is 4.08. The summed E-state index contributed by atoms with van der Waals surface area (Å²) in [6.45, 7) is 1.40. The molecule has 0 aliphatic heterocycles. The summed E-state index contributed by atoms with van der Waals surface area (Å²) in [6, 6.07) is 6.01. The van der Waals surface area contributed by atoms with E-state index in [0.29, 0.717) is 10.8 Å². The van der Waals surface area contributed by atoms with Gasteiger partial charge in [-0.3, -0.25) is 14.2 Å². The minimum absolute atomic E-state index is 0.0377. The molecule has 0 aliphatic rings. The highest BCUT2D eigenvalue weighted by molar-refractivity contribution is 7.99. The van der Waals surface area contributed by atoms with Crippen LogP contribution < -0.4 is 5.73 Å². The minimum Gasteiger partial charge on any atom is -0.452 e. The molecule has 1 atom stereocenters. The molecule has 0 unspecified atom stereocenters. The van der Waals surface area contributed by atoms with Gasteiger partial charge in [-0.25, -0.2) is 9.37 Å². The lowest BCUT2D eigenvalue weighted by atomic mass is 10.3. The van der Waals surface area contributed by atoms with Crippen molar-refractivity contribution in [3.05, 3.63) is 42.5 Å². The smallest absolute Gasteiger partial charge is 0.317 e. The Hall–Kier alpha value is -2.35. The summed E-state index contributed by atoms with van der Waals surface area (Å²) in [5.74, 6) is -1.69. The molecule has 0 saturated carbocycles. The molecule has 1 aromatic carbocycles. The maximum atomic E-state index is 13.3. The zero-order valence-corrected chi connectivity index (χ0v) is 12.5. The van der Waals surface area contributed by atoms with E-state index in [-0.39, 0.29) is 11.6 Å². The van der Waals surface area contributed by atoms with Crippen LogP contribution in [-0.4, -0.2) is 33.3 Å². The highest BCUT2D eigenvalue weighted by Gasteiger charge is 2.16. The van der Waals surface area contributed by atoms with Crippen molar-refractivity contribution in [2.75, 3.05) is 5.75 Å². The van der Waals surface area contributed by atoms with Crippen molar-refractivity contribution >= 4 is 23.6 Å². The normalized spacial score (nSPS) is 11.9. The molecule has 0 fully saturated rings. The standard InChI is InChI=1S/C14H14FN3O3S/c1-9(13(16)20)21-12(19)8-22-14-17-5-6-18(14)11-4-2-3-10(15)7-11/h2-7,9H,8H2,1H3,(H2,16,20)/t9-/m1/s1. The van der Waals surface area contributed by atoms with Crippen LogP contribution in [0.2, 0.25) is 0 Å². The van der Waals surface area contributed by atoms with Crippen LogP contribution in [0.15, 0.2) is 41.8 Å². The Morgan fingerprint density at radius 3 is 2.95 bits per heavy atom. The fourth-order valence-corrected chi connectivity index (χ4v) is 2.39. The van der Waals surface area contributed by atoms with E-state index in [1.807, 2.05) is 0 Å². The third-order valence-corrected chi connectivity index (χ3v) is 3.66. The number of rotatable bonds is 6. The molecule has 0 aliphatic carbocycles. The second-order valence-electron chi connectivity index (χ2n) is 4.38. The number of halogens is 1. The highest BCUT2D eigenvalue weighted by atomic mass is 32.2. The molecule has 0 spiro atoms. The van der Waals surface area contributed by atoms with Gasteiger partial charge in [-0.15, -0.1) is 0 Å². The summed E-state index contributed by atoms with van der Waals surface area (Å²) in [5.41, 5.74) is 5.61. The molecule has 1 aromatic heterocycles. The first kappa shape index (κ1) is 16.0. The molecule has 2 rings (SSSR count). The van der Waals surface area contributed by atoms with Gasteiger partial charge in [0.25, 0.3) is 5.91 Å². The van der Waals surface area contributed by atoms with Crippen molar-refractivity contribution in [3.8, 4) is 5.69 Å². The van der Waals surface area contributed by atoms with Gasteiger partial charge in [0.15, 0.2) is 11.3 Å². The Bertz CT molecular complexity index is 689. The van der Waals surface area contributed by atoms with Crippen LogP contribution in [0.1, 0.15) is 6.92 Å². The zero-order chi connectivity index (χ0) is 16.1. The number of amides is 1. The molecule has 22 heavy (non-hydrogen) atoms. The average Bonchev–Trinajstić information content (AvgIpc) is 2.93. The predicted molar refractivity (Wildman–Crippen MR) is 79.0 cm³/mol. The van der Waals surface area contributed by atoms with Crippen LogP contribution in [-0.2, 0) is 14.3 Å². The second kappa shape index (κ2) is 7.08. The monoisotopic (exact) mass is 323 g/mol. The fraction of sp³-hybridized carbons (Fsp3) is 0.214. The number of carbonyl (C=O) groups is 2. The first-order chi connectivity index (χ1) is 10.5. The highest BCUT2D eigenvalue weighted by Crippen LogP contribution is 2.21. The number of primary amides is 1. The number of carbonyl (C=O) groups excluding carboxylic acids is 2. The topological polar surface area (TPSA) is 87.2 Å². The zero-order valence-electron chi connectivity index (χ0n) is 11.7. The van der Waals surface area contributed by atoms with E-state index in [1.54, 1.807) is 29.1 Å². The maximum absolute atomic E-state index is 13.3. The van der Waals surface area contributed by atoms with Gasteiger partial charge in [0.1, 0.15) is 5.82 Å². The summed E-state index contributed by atoms with van der Waals surface area (Å²) in [4.78, 5) is 26.5. The maximum Gasteiger partial charge on any atom is 0.317 e. The lowest BCUT2D eigenvalue weighted by Crippen LogP contribution is -2.31. The van der Waals surface area contributed by atoms with Crippen molar-refractivity contribution in [2.45, 2.75) is 18.2 Å². The number of hydrogen-bond donors (Lipinski definition) is 1. The van der Waals surface area contributed by atoms with Crippen molar-refractivity contribution in [1.82, 2.24) is 9.55 Å². The number of nitrogens with zero attached hydrogens (tertiary/aromatic N) is 2. The summed E-state index contributed by atoms with van der Waals surface area (Å²) in [7, 11) is 0.